The summed E-state index contributed by atoms with van der Waals surface area (Å²) in [5.74, 6) is -0.0781. The summed E-state index contributed by atoms with van der Waals surface area (Å²) >= 11 is 0. The highest BCUT2D eigenvalue weighted by atomic mass is 16.1. The molecule has 0 fully saturated rings. The van der Waals surface area contributed by atoms with Gasteiger partial charge in [0.15, 0.2) is 0 Å². The van der Waals surface area contributed by atoms with Gasteiger partial charge in [0.1, 0.15) is 0 Å². The zero-order valence-corrected chi connectivity index (χ0v) is 9.62. The van der Waals surface area contributed by atoms with Crippen molar-refractivity contribution in [1.82, 2.24) is 10.6 Å². The van der Waals surface area contributed by atoms with Gasteiger partial charge in [-0.05, 0) is 31.2 Å². The van der Waals surface area contributed by atoms with E-state index in [9.17, 15) is 4.79 Å². The Kier molecular flexibility index (Phi) is 5.36. The quantitative estimate of drug-likeness (QED) is 0.496. The minimum atomic E-state index is -0.0781. The molecule has 0 aromatic heterocycles. The van der Waals surface area contributed by atoms with Gasteiger partial charge in [-0.15, -0.1) is 0 Å². The number of rotatable bonds is 6. The van der Waals surface area contributed by atoms with E-state index < -0.39 is 0 Å². The molecule has 1 rings (SSSR count). The molecule has 1 aromatic rings. The molecular formula is C12H19N3O. The minimum Gasteiger partial charge on any atom is -0.399 e. The van der Waals surface area contributed by atoms with Crippen LogP contribution in [0.5, 0.6) is 0 Å². The number of hydrogen-bond donors (Lipinski definition) is 3. The highest BCUT2D eigenvalue weighted by Crippen LogP contribution is 2.05. The maximum Gasteiger partial charge on any atom is 0.251 e. The van der Waals surface area contributed by atoms with Gasteiger partial charge in [0.05, 0.1) is 0 Å². The van der Waals surface area contributed by atoms with E-state index in [2.05, 4.69) is 17.6 Å². The fourth-order valence-electron chi connectivity index (χ4n) is 1.35. The number of nitrogens with two attached hydrogens (primary N) is 1. The molecule has 4 nitrogen and oxygen atoms in total. The van der Waals surface area contributed by atoms with E-state index in [0.717, 1.165) is 19.5 Å². The summed E-state index contributed by atoms with van der Waals surface area (Å²) in [5, 5.41) is 6.04. The highest BCUT2D eigenvalue weighted by Gasteiger charge is 2.03. The zero-order valence-electron chi connectivity index (χ0n) is 9.62. The minimum absolute atomic E-state index is 0.0781. The predicted molar refractivity (Wildman–Crippen MR) is 66.3 cm³/mol. The van der Waals surface area contributed by atoms with Crippen LogP contribution in [-0.4, -0.2) is 25.5 Å². The van der Waals surface area contributed by atoms with Crippen molar-refractivity contribution in [2.45, 2.75) is 13.3 Å². The number of amides is 1. The Morgan fingerprint density at radius 2 is 2.12 bits per heavy atom. The second-order valence-electron chi connectivity index (χ2n) is 3.63. The largest absolute Gasteiger partial charge is 0.399 e. The molecule has 0 aliphatic carbocycles. The molecule has 0 heterocycles. The molecule has 0 bridgehead atoms. The van der Waals surface area contributed by atoms with Gasteiger partial charge in [-0.25, -0.2) is 0 Å². The summed E-state index contributed by atoms with van der Waals surface area (Å²) < 4.78 is 0. The third-order valence-corrected chi connectivity index (χ3v) is 2.16. The summed E-state index contributed by atoms with van der Waals surface area (Å²) in [6.07, 6.45) is 1.10. The summed E-state index contributed by atoms with van der Waals surface area (Å²) in [6.45, 7) is 4.52. The van der Waals surface area contributed by atoms with Crippen molar-refractivity contribution >= 4 is 11.6 Å². The van der Waals surface area contributed by atoms with E-state index in [1.807, 2.05) is 0 Å². The van der Waals surface area contributed by atoms with Crippen molar-refractivity contribution in [3.63, 3.8) is 0 Å². The van der Waals surface area contributed by atoms with Crippen molar-refractivity contribution in [2.24, 2.45) is 0 Å². The first-order chi connectivity index (χ1) is 7.74. The standard InChI is InChI=1S/C12H19N3O/c1-2-6-14-7-8-15-12(16)10-4-3-5-11(13)9-10/h3-5,9,14H,2,6-8,13H2,1H3,(H,15,16). The number of hydrogen-bond acceptors (Lipinski definition) is 3. The van der Waals surface area contributed by atoms with Gasteiger partial charge in [-0.2, -0.15) is 0 Å². The smallest absolute Gasteiger partial charge is 0.251 e. The van der Waals surface area contributed by atoms with Crippen LogP contribution in [0.2, 0.25) is 0 Å². The maximum atomic E-state index is 11.6. The van der Waals surface area contributed by atoms with E-state index in [1.165, 1.54) is 0 Å². The number of carbonyl (C=O) groups excluding carboxylic acids is 1. The van der Waals surface area contributed by atoms with Gasteiger partial charge in [-0.3, -0.25) is 4.79 Å². The number of nitrogens with one attached hydrogen (secondary N) is 2. The van der Waals surface area contributed by atoms with E-state index in [4.69, 9.17) is 5.73 Å². The molecule has 0 radical (unpaired) electrons. The first kappa shape index (κ1) is 12.5. The molecule has 0 aliphatic rings. The van der Waals surface area contributed by atoms with Gasteiger partial charge in [0, 0.05) is 24.3 Å². The lowest BCUT2D eigenvalue weighted by atomic mass is 10.2. The normalized spacial score (nSPS) is 10.1. The third-order valence-electron chi connectivity index (χ3n) is 2.16. The van der Waals surface area contributed by atoms with Crippen LogP contribution < -0.4 is 16.4 Å². The second kappa shape index (κ2) is 6.85. The van der Waals surface area contributed by atoms with Crippen LogP contribution in [0.1, 0.15) is 23.7 Å². The fourth-order valence-corrected chi connectivity index (χ4v) is 1.35. The van der Waals surface area contributed by atoms with Crippen LogP contribution in [0.4, 0.5) is 5.69 Å². The van der Waals surface area contributed by atoms with Crippen LogP contribution in [-0.2, 0) is 0 Å². The molecule has 0 spiro atoms. The van der Waals surface area contributed by atoms with Crippen molar-refractivity contribution in [2.75, 3.05) is 25.4 Å². The summed E-state index contributed by atoms with van der Waals surface area (Å²) in [6, 6.07) is 6.97. The van der Waals surface area contributed by atoms with Crippen LogP contribution >= 0.6 is 0 Å². The zero-order chi connectivity index (χ0) is 11.8. The molecule has 4 N–H and O–H groups in total. The van der Waals surface area contributed by atoms with E-state index in [0.29, 0.717) is 17.8 Å². The Morgan fingerprint density at radius 1 is 1.31 bits per heavy atom. The Bertz CT molecular complexity index is 339. The number of carbonyl (C=O) groups is 1. The number of anilines is 1. The maximum absolute atomic E-state index is 11.6. The third kappa shape index (κ3) is 4.31. The summed E-state index contributed by atoms with van der Waals surface area (Å²) in [7, 11) is 0. The Morgan fingerprint density at radius 3 is 2.81 bits per heavy atom. The SMILES string of the molecule is CCCNCCNC(=O)c1cccc(N)c1. The number of benzene rings is 1. The van der Waals surface area contributed by atoms with Gasteiger partial charge < -0.3 is 16.4 Å². The van der Waals surface area contributed by atoms with Gasteiger partial charge in [0.25, 0.3) is 5.91 Å². The summed E-state index contributed by atoms with van der Waals surface area (Å²) in [4.78, 5) is 11.6. The molecule has 0 aliphatic heterocycles. The molecule has 1 amide bonds. The average molecular weight is 221 g/mol. The molecule has 0 saturated carbocycles. The topological polar surface area (TPSA) is 67.1 Å². The van der Waals surface area contributed by atoms with Crippen LogP contribution in [0.25, 0.3) is 0 Å². The van der Waals surface area contributed by atoms with E-state index in [-0.39, 0.29) is 5.91 Å². The summed E-state index contributed by atoms with van der Waals surface area (Å²) in [5.41, 5.74) is 6.81. The molecule has 0 unspecified atom stereocenters. The van der Waals surface area contributed by atoms with Crippen molar-refractivity contribution in [3.05, 3.63) is 29.8 Å². The molecule has 0 atom stereocenters. The second-order valence-corrected chi connectivity index (χ2v) is 3.63. The fraction of sp³-hybridized carbons (Fsp3) is 0.417. The van der Waals surface area contributed by atoms with E-state index >= 15 is 0 Å². The lowest BCUT2D eigenvalue weighted by molar-refractivity contribution is 0.0954. The average Bonchev–Trinajstić information content (AvgIpc) is 2.28. The van der Waals surface area contributed by atoms with Gasteiger partial charge >= 0.3 is 0 Å². The highest BCUT2D eigenvalue weighted by molar-refractivity contribution is 5.94. The molecule has 4 heteroatoms. The van der Waals surface area contributed by atoms with Crippen LogP contribution in [0.15, 0.2) is 24.3 Å². The van der Waals surface area contributed by atoms with Crippen LogP contribution in [0, 0.1) is 0 Å². The monoisotopic (exact) mass is 221 g/mol. The molecule has 0 saturated heterocycles. The van der Waals surface area contributed by atoms with Crippen molar-refractivity contribution in [1.29, 1.82) is 0 Å². The van der Waals surface area contributed by atoms with Crippen molar-refractivity contribution in [3.8, 4) is 0 Å². The van der Waals surface area contributed by atoms with Crippen molar-refractivity contribution < 1.29 is 4.79 Å². The van der Waals surface area contributed by atoms with E-state index in [1.54, 1.807) is 24.3 Å². The molecular weight excluding hydrogens is 202 g/mol. The molecule has 88 valence electrons. The Balaban J connectivity index is 2.30. The number of nitrogen functional groups attached to an aromatic ring is 1. The first-order valence-corrected chi connectivity index (χ1v) is 5.58. The first-order valence-electron chi connectivity index (χ1n) is 5.58. The van der Waals surface area contributed by atoms with Crippen LogP contribution in [0.3, 0.4) is 0 Å². The molecule has 16 heavy (non-hydrogen) atoms. The predicted octanol–water partition coefficient (Wildman–Crippen LogP) is 0.998. The van der Waals surface area contributed by atoms with Gasteiger partial charge in [0.2, 0.25) is 0 Å². The Hall–Kier alpha value is -1.55. The lowest BCUT2D eigenvalue weighted by Gasteiger charge is -2.06. The van der Waals surface area contributed by atoms with Gasteiger partial charge in [-0.1, -0.05) is 13.0 Å². The lowest BCUT2D eigenvalue weighted by Crippen LogP contribution is -2.32. The Labute approximate surface area is 96.2 Å². The molecule has 1 aromatic carbocycles.